The molecular formula is C8H5ClINO4. The highest BCUT2D eigenvalue weighted by molar-refractivity contribution is 14.1. The normalized spacial score (nSPS) is 9.80. The van der Waals surface area contributed by atoms with Crippen LogP contribution in [0.25, 0.3) is 0 Å². The molecule has 0 saturated carbocycles. The van der Waals surface area contributed by atoms with E-state index in [-0.39, 0.29) is 17.0 Å². The van der Waals surface area contributed by atoms with Crippen molar-refractivity contribution in [3.05, 3.63) is 31.4 Å². The molecule has 0 saturated heterocycles. The molecule has 0 unspecified atom stereocenters. The van der Waals surface area contributed by atoms with E-state index >= 15 is 0 Å². The Bertz CT molecular complexity index is 435. The second-order valence-corrected chi connectivity index (χ2v) is 4.12. The fourth-order valence-electron chi connectivity index (χ4n) is 1.07. The van der Waals surface area contributed by atoms with Crippen molar-refractivity contribution in [2.45, 2.75) is 0 Å². The lowest BCUT2D eigenvalue weighted by Crippen LogP contribution is -2.02. The van der Waals surface area contributed by atoms with Gasteiger partial charge in [-0.05, 0) is 40.3 Å². The average Bonchev–Trinajstić information content (AvgIpc) is 2.15. The van der Waals surface area contributed by atoms with Crippen molar-refractivity contribution >= 4 is 45.1 Å². The maximum absolute atomic E-state index is 11.0. The minimum atomic E-state index is -0.907. The van der Waals surface area contributed by atoms with Crippen molar-refractivity contribution in [3.63, 3.8) is 0 Å². The molecule has 0 spiro atoms. The third kappa shape index (κ3) is 2.57. The molecule has 0 amide bonds. The monoisotopic (exact) mass is 341 g/mol. The van der Waals surface area contributed by atoms with E-state index in [0.717, 1.165) is 0 Å². The van der Waals surface area contributed by atoms with Crippen LogP contribution < -0.4 is 4.74 Å². The van der Waals surface area contributed by atoms with Crippen LogP contribution in [0.15, 0.2) is 12.1 Å². The number of ether oxygens (including phenoxy) is 1. The van der Waals surface area contributed by atoms with Gasteiger partial charge in [0.2, 0.25) is 0 Å². The molecule has 1 rings (SSSR count). The third-order valence-electron chi connectivity index (χ3n) is 1.66. The number of nitro benzene ring substituents is 1. The van der Waals surface area contributed by atoms with Gasteiger partial charge in [0.05, 0.1) is 12.0 Å². The first-order chi connectivity index (χ1) is 6.97. The molecule has 80 valence electrons. The Balaban J connectivity index is 3.54. The predicted molar refractivity (Wildman–Crippen MR) is 62.5 cm³/mol. The number of nitro groups is 1. The van der Waals surface area contributed by atoms with Crippen LogP contribution >= 0.6 is 34.2 Å². The highest BCUT2D eigenvalue weighted by Crippen LogP contribution is 2.32. The molecule has 1 aromatic rings. The fourth-order valence-corrected chi connectivity index (χ4v) is 1.84. The Morgan fingerprint density at radius 3 is 2.60 bits per heavy atom. The molecule has 0 heterocycles. The fraction of sp³-hybridized carbons (Fsp3) is 0.125. The number of hydrogen-bond donors (Lipinski definition) is 0. The molecule has 1 aromatic carbocycles. The van der Waals surface area contributed by atoms with Gasteiger partial charge in [0.15, 0.2) is 5.56 Å². The first-order valence-electron chi connectivity index (χ1n) is 3.69. The number of hydrogen-bond acceptors (Lipinski definition) is 4. The first kappa shape index (κ1) is 12.2. The summed E-state index contributed by atoms with van der Waals surface area (Å²) in [5, 5.41) is 9.77. The van der Waals surface area contributed by atoms with E-state index in [1.54, 1.807) is 0 Å². The van der Waals surface area contributed by atoms with Gasteiger partial charge in [-0.25, -0.2) is 0 Å². The van der Waals surface area contributed by atoms with E-state index in [1.807, 2.05) is 22.6 Å². The van der Waals surface area contributed by atoms with Gasteiger partial charge in [0.1, 0.15) is 5.75 Å². The summed E-state index contributed by atoms with van der Waals surface area (Å²) in [6.45, 7) is 0. The third-order valence-corrected chi connectivity index (χ3v) is 2.47. The first-order valence-corrected chi connectivity index (χ1v) is 5.14. The Kier molecular flexibility index (Phi) is 3.86. The molecule has 0 atom stereocenters. The summed E-state index contributed by atoms with van der Waals surface area (Å²) in [7, 11) is 1.32. The quantitative estimate of drug-likeness (QED) is 0.367. The maximum Gasteiger partial charge on any atom is 0.286 e. The number of nitrogens with zero attached hydrogens (tertiary/aromatic N) is 1. The molecule has 7 heteroatoms. The van der Waals surface area contributed by atoms with Crippen LogP contribution in [-0.2, 0) is 0 Å². The van der Waals surface area contributed by atoms with E-state index in [9.17, 15) is 14.9 Å². The lowest BCUT2D eigenvalue weighted by molar-refractivity contribution is -0.385. The van der Waals surface area contributed by atoms with Gasteiger partial charge >= 0.3 is 0 Å². The zero-order valence-electron chi connectivity index (χ0n) is 7.49. The summed E-state index contributed by atoms with van der Waals surface area (Å²) in [6.07, 6.45) is 0. The van der Waals surface area contributed by atoms with E-state index in [1.165, 1.54) is 19.2 Å². The summed E-state index contributed by atoms with van der Waals surface area (Å²) >= 11 is 7.15. The van der Waals surface area contributed by atoms with Crippen molar-refractivity contribution in [1.82, 2.24) is 0 Å². The van der Waals surface area contributed by atoms with Gasteiger partial charge in [0, 0.05) is 9.64 Å². The molecule has 0 fully saturated rings. The molecule has 0 aliphatic rings. The van der Waals surface area contributed by atoms with Crippen molar-refractivity contribution in [3.8, 4) is 5.75 Å². The van der Waals surface area contributed by atoms with Gasteiger partial charge in [-0.1, -0.05) is 0 Å². The van der Waals surface area contributed by atoms with E-state index in [4.69, 9.17) is 16.3 Å². The smallest absolute Gasteiger partial charge is 0.286 e. The predicted octanol–water partition coefficient (Wildman–Crippen LogP) is 2.59. The van der Waals surface area contributed by atoms with Gasteiger partial charge in [-0.15, -0.1) is 0 Å². The molecule has 0 bridgehead atoms. The lowest BCUT2D eigenvalue weighted by atomic mass is 10.2. The zero-order valence-corrected chi connectivity index (χ0v) is 10.4. The largest absolute Gasteiger partial charge is 0.496 e. The van der Waals surface area contributed by atoms with Crippen molar-refractivity contribution in [1.29, 1.82) is 0 Å². The standard InChI is InChI=1S/C8H5ClINO4/c1-15-6-3-4(10)2-5(11(13)14)7(6)8(9)12/h2-3H,1H3. The van der Waals surface area contributed by atoms with Crippen LogP contribution in [0.5, 0.6) is 5.75 Å². The van der Waals surface area contributed by atoms with Crippen LogP contribution in [0, 0.1) is 13.7 Å². The summed E-state index contributed by atoms with van der Waals surface area (Å²) < 4.78 is 5.46. The number of rotatable bonds is 3. The van der Waals surface area contributed by atoms with E-state index in [0.29, 0.717) is 3.57 Å². The minimum Gasteiger partial charge on any atom is -0.496 e. The number of methoxy groups -OCH3 is 1. The second-order valence-electron chi connectivity index (χ2n) is 2.53. The zero-order chi connectivity index (χ0) is 11.6. The van der Waals surface area contributed by atoms with Gasteiger partial charge < -0.3 is 4.74 Å². The van der Waals surface area contributed by atoms with Crippen LogP contribution in [0.4, 0.5) is 5.69 Å². The van der Waals surface area contributed by atoms with Crippen LogP contribution in [0.1, 0.15) is 10.4 Å². The molecule has 0 aliphatic heterocycles. The van der Waals surface area contributed by atoms with Gasteiger partial charge in [-0.3, -0.25) is 14.9 Å². The number of carbonyl (C=O) groups excluding carboxylic acids is 1. The highest BCUT2D eigenvalue weighted by atomic mass is 127. The average molecular weight is 341 g/mol. The Labute approximate surface area is 104 Å². The second kappa shape index (κ2) is 4.75. The molecule has 0 aromatic heterocycles. The van der Waals surface area contributed by atoms with Crippen LogP contribution in [0.3, 0.4) is 0 Å². The summed E-state index contributed by atoms with van der Waals surface area (Å²) in [6, 6.07) is 2.77. The number of carbonyl (C=O) groups is 1. The SMILES string of the molecule is COc1cc(I)cc([N+](=O)[O-])c1C(=O)Cl. The van der Waals surface area contributed by atoms with E-state index in [2.05, 4.69) is 0 Å². The maximum atomic E-state index is 11.0. The number of halogens is 2. The molecule has 5 nitrogen and oxygen atoms in total. The lowest BCUT2D eigenvalue weighted by Gasteiger charge is -2.05. The summed E-state index contributed by atoms with van der Waals surface area (Å²) in [4.78, 5) is 21.1. The van der Waals surface area contributed by atoms with E-state index < -0.39 is 10.2 Å². The van der Waals surface area contributed by atoms with Crippen LogP contribution in [0.2, 0.25) is 0 Å². The Morgan fingerprint density at radius 1 is 1.60 bits per heavy atom. The topological polar surface area (TPSA) is 69.4 Å². The summed E-state index contributed by atoms with van der Waals surface area (Å²) in [5.41, 5.74) is -0.566. The molecule has 15 heavy (non-hydrogen) atoms. The Morgan fingerprint density at radius 2 is 2.20 bits per heavy atom. The van der Waals surface area contributed by atoms with Gasteiger partial charge in [-0.2, -0.15) is 0 Å². The molecule has 0 aliphatic carbocycles. The minimum absolute atomic E-state index is 0.105. The number of benzene rings is 1. The summed E-state index contributed by atoms with van der Waals surface area (Å²) in [5.74, 6) is 0.105. The van der Waals surface area contributed by atoms with Crippen molar-refractivity contribution in [2.24, 2.45) is 0 Å². The van der Waals surface area contributed by atoms with Crippen LogP contribution in [-0.4, -0.2) is 17.3 Å². The molecular weight excluding hydrogens is 336 g/mol. The van der Waals surface area contributed by atoms with Crippen molar-refractivity contribution in [2.75, 3.05) is 7.11 Å². The Hall–Kier alpha value is -0.890. The van der Waals surface area contributed by atoms with Crippen molar-refractivity contribution < 1.29 is 14.5 Å². The molecule has 0 N–H and O–H groups in total. The van der Waals surface area contributed by atoms with Gasteiger partial charge in [0.25, 0.3) is 10.9 Å². The molecule has 0 radical (unpaired) electrons. The highest BCUT2D eigenvalue weighted by Gasteiger charge is 2.24.